The summed E-state index contributed by atoms with van der Waals surface area (Å²) in [7, 11) is 13.7. The number of nitrogens with zero attached hydrogens (tertiary/aromatic N) is 23. The zero-order chi connectivity index (χ0) is 94.4. The van der Waals surface area contributed by atoms with E-state index in [1.165, 1.54) is 81.0 Å². The van der Waals surface area contributed by atoms with Gasteiger partial charge in [0, 0.05) is 163 Å². The number of rotatable bonds is 20. The van der Waals surface area contributed by atoms with Gasteiger partial charge in [-0.2, -0.15) is 0 Å². The van der Waals surface area contributed by atoms with Gasteiger partial charge in [0.2, 0.25) is 0 Å². The van der Waals surface area contributed by atoms with Gasteiger partial charge >= 0.3 is 22.8 Å². The third-order valence-electron chi connectivity index (χ3n) is 27.1. The second-order valence-electron chi connectivity index (χ2n) is 35.7. The molecule has 0 bridgehead atoms. The summed E-state index contributed by atoms with van der Waals surface area (Å²) < 4.78 is 17.8. The summed E-state index contributed by atoms with van der Waals surface area (Å²) in [6, 6.07) is 80.1. The summed E-state index contributed by atoms with van der Waals surface area (Å²) in [4.78, 5) is 137. The summed E-state index contributed by atoms with van der Waals surface area (Å²) in [6.45, 7) is 13.6. The van der Waals surface area contributed by atoms with Crippen LogP contribution in [0.5, 0.6) is 0 Å². The summed E-state index contributed by atoms with van der Waals surface area (Å²) in [6.07, 6.45) is 8.30. The predicted octanol–water partition coefficient (Wildman–Crippen LogP) is 10.0. The number of aryl methyl sites for hydroxylation is 8. The van der Waals surface area contributed by atoms with E-state index >= 15 is 0 Å². The van der Waals surface area contributed by atoms with Crippen molar-refractivity contribution in [2.45, 2.75) is 76.5 Å². The molecule has 12 heterocycles. The summed E-state index contributed by atoms with van der Waals surface area (Å²) in [5, 5.41) is 1.44. The number of fused-ring (bicyclic) bond motifs is 4. The molecule has 4 aliphatic rings. The molecule has 3 unspecified atom stereocenters. The molecule has 0 aliphatic carbocycles. The minimum absolute atomic E-state index is 0.0898. The number of piperazine rings is 3. The maximum Gasteiger partial charge on any atom is 0.333 e. The van der Waals surface area contributed by atoms with Crippen molar-refractivity contribution in [2.24, 2.45) is 62.3 Å². The highest BCUT2D eigenvalue weighted by molar-refractivity contribution is 6.30. The van der Waals surface area contributed by atoms with Crippen LogP contribution in [0, 0.1) is 5.92 Å². The van der Waals surface area contributed by atoms with E-state index in [0.29, 0.717) is 63.2 Å². The van der Waals surface area contributed by atoms with Crippen LogP contribution in [0.2, 0.25) is 10.0 Å². The molecule has 20 rings (SSSR count). The van der Waals surface area contributed by atoms with Gasteiger partial charge in [0.25, 0.3) is 22.2 Å². The Morgan fingerprint density at radius 1 is 0.289 bits per heavy atom. The average Bonchev–Trinajstić information content (AvgIpc) is 1.56. The molecule has 4 fully saturated rings. The van der Waals surface area contributed by atoms with Gasteiger partial charge in [-0.25, -0.2) is 57.4 Å². The van der Waals surface area contributed by atoms with E-state index in [4.69, 9.17) is 23.2 Å². The van der Waals surface area contributed by atoms with Crippen molar-refractivity contribution < 1.29 is 0 Å². The molecule has 0 N–H and O–H groups in total. The third-order valence-corrected chi connectivity index (χ3v) is 27.6. The fraction of sp³-hybridized carbons (Fsp3) is 0.333. The van der Waals surface area contributed by atoms with Crippen molar-refractivity contribution in [1.82, 2.24) is 109 Å². The highest BCUT2D eigenvalue weighted by Crippen LogP contribution is 2.40. The molecule has 0 spiro atoms. The minimum atomic E-state index is -0.348. The number of likely N-dealkylation sites (tertiary alicyclic amines) is 1. The average molecular weight is 1860 g/mol. The largest absolute Gasteiger partial charge is 0.333 e. The van der Waals surface area contributed by atoms with Gasteiger partial charge < -0.3 is 18.3 Å². The lowest BCUT2D eigenvalue weighted by Crippen LogP contribution is -2.55. The number of halogens is 2. The van der Waals surface area contributed by atoms with Crippen LogP contribution >= 0.6 is 23.2 Å². The molecule has 0 amide bonds. The molecule has 698 valence electrons. The Hall–Kier alpha value is -13.3. The van der Waals surface area contributed by atoms with Gasteiger partial charge in [0.15, 0.2) is 44.7 Å². The quantitative estimate of drug-likeness (QED) is 0.0686. The highest BCUT2D eigenvalue weighted by Gasteiger charge is 2.36. The van der Waals surface area contributed by atoms with Crippen LogP contribution in [-0.4, -0.2) is 200 Å². The smallest absolute Gasteiger partial charge is 0.328 e. The van der Waals surface area contributed by atoms with Crippen molar-refractivity contribution in [3.8, 4) is 0 Å². The molecular formula is C102H113Cl2N23O8. The molecule has 8 aromatic carbocycles. The molecule has 33 heteroatoms. The maximum atomic E-state index is 13.1. The highest BCUT2D eigenvalue weighted by atomic mass is 35.5. The fourth-order valence-electron chi connectivity index (χ4n) is 19.9. The van der Waals surface area contributed by atoms with Gasteiger partial charge in [0.05, 0.1) is 70.1 Å². The Balaban J connectivity index is 0.000000125. The lowest BCUT2D eigenvalue weighted by Gasteiger charge is -2.44. The maximum absolute atomic E-state index is 13.1. The van der Waals surface area contributed by atoms with Gasteiger partial charge in [-0.15, -0.1) is 0 Å². The molecule has 0 saturated carbocycles. The lowest BCUT2D eigenvalue weighted by atomic mass is 9.76. The molecule has 4 saturated heterocycles. The van der Waals surface area contributed by atoms with E-state index in [1.54, 1.807) is 100.0 Å². The van der Waals surface area contributed by atoms with Crippen LogP contribution in [0.3, 0.4) is 0 Å². The van der Waals surface area contributed by atoms with Crippen LogP contribution in [0.15, 0.2) is 294 Å². The molecule has 0 radical (unpaired) electrons. The molecule has 8 aromatic heterocycles. The van der Waals surface area contributed by atoms with Gasteiger partial charge in [-0.1, -0.05) is 229 Å². The van der Waals surface area contributed by atoms with Crippen molar-refractivity contribution in [3.05, 3.63) is 394 Å². The van der Waals surface area contributed by atoms with Crippen LogP contribution in [0.25, 0.3) is 44.7 Å². The SMILES string of the molecule is CC1CN(Cn2c(=O)c3c(ncn3C)n(C)c2=O)CCN1C(c1ccccc1)c1ccc(Cl)cc1.Cn1cnc2c1c(=O)n(CN1CCC(C(c3ccccc3)c3ccccc3)CC1)c(=O)n2C.Cn1cnc2c1c(=O)n(CN1CCN(C(c3ccccc3)c3ccc(Cl)cc3)CC1)c(=O)n2C.Cn1cnc2c1c(=O)n(CN1CCN(C(c3ccccc3)c3ccccc3)CC1)c(=O)n2C. The van der Waals surface area contributed by atoms with Crippen molar-refractivity contribution in [3.63, 3.8) is 0 Å². The van der Waals surface area contributed by atoms with Crippen molar-refractivity contribution in [1.29, 1.82) is 0 Å². The number of hydrogen-bond acceptors (Lipinski definition) is 19. The second kappa shape index (κ2) is 41.2. The molecule has 4 aliphatic heterocycles. The summed E-state index contributed by atoms with van der Waals surface area (Å²) in [5.41, 5.74) is 11.0. The second-order valence-corrected chi connectivity index (χ2v) is 36.5. The Morgan fingerprint density at radius 3 is 0.822 bits per heavy atom. The van der Waals surface area contributed by atoms with E-state index in [0.717, 1.165) is 108 Å². The number of aromatic nitrogens is 16. The predicted molar refractivity (Wildman–Crippen MR) is 528 cm³/mol. The number of piperidine rings is 1. The van der Waals surface area contributed by atoms with Gasteiger partial charge in [-0.3, -0.25) is 71.7 Å². The van der Waals surface area contributed by atoms with Crippen LogP contribution in [-0.2, 0) is 83.1 Å². The van der Waals surface area contributed by atoms with Gasteiger partial charge in [0.1, 0.15) is 0 Å². The number of imidazole rings is 4. The zero-order valence-electron chi connectivity index (χ0n) is 77.5. The van der Waals surface area contributed by atoms with Gasteiger partial charge in [-0.05, 0) is 94.5 Å². The van der Waals surface area contributed by atoms with Crippen molar-refractivity contribution >= 4 is 67.9 Å². The molecular weight excluding hydrogens is 1750 g/mol. The van der Waals surface area contributed by atoms with E-state index in [2.05, 4.69) is 243 Å². The third kappa shape index (κ3) is 19.7. The standard InChI is InChI=1S/C26H29ClN6O2.C26H29N5O2.C25H27ClN6O2.C25H28N6O2/c1-18-15-31(17-33-25(34)23-24(28-16-29(23)2)30(3)26(33)35)13-14-32(18)22(19-7-5-4-6-8-19)20-9-11-21(27)12-10-20;1-28-17-27-24-23(28)25(32)31(26(33)29(24)2)18-30-15-13-21(14-16-30)22(19-9-5-3-6-10-19)20-11-7-4-8-12-20;1-28-16-27-23-22(28)24(33)32(25(34)29(23)2)17-30-12-14-31(15-13-30)21(18-6-4-3-5-7-18)19-8-10-20(26)11-9-19;1-27-17-26-23-22(27)24(32)31(25(33)28(23)2)18-29-13-15-30(16-14-29)21(19-9-5-3-6-10-19)20-11-7-4-8-12-20/h4-12,16,18,22H,13-15,17H2,1-3H3;3-12,17,21-22H,13-16,18H2,1-2H3;3-11,16,21H,12-15,17H2,1-2H3;3-12,17,21H,13-16,18H2,1-2H3. The van der Waals surface area contributed by atoms with Crippen LogP contribution < -0.4 is 45.0 Å². The Labute approximate surface area is 789 Å². The number of hydrogen-bond donors (Lipinski definition) is 0. The van der Waals surface area contributed by atoms with E-state index < -0.39 is 0 Å². The van der Waals surface area contributed by atoms with E-state index in [9.17, 15) is 38.4 Å². The lowest BCUT2D eigenvalue weighted by molar-refractivity contribution is 0.0429. The minimum Gasteiger partial charge on any atom is -0.328 e. The molecule has 31 nitrogen and oxygen atoms in total. The normalized spacial score (nSPS) is 16.4. The van der Waals surface area contributed by atoms with E-state index in [1.807, 2.05) is 48.5 Å². The Kier molecular flexibility index (Phi) is 28.6. The summed E-state index contributed by atoms with van der Waals surface area (Å²) >= 11 is 12.3. The molecule has 135 heavy (non-hydrogen) atoms. The summed E-state index contributed by atoms with van der Waals surface area (Å²) in [5.74, 6) is 0.848. The first kappa shape index (κ1) is 93.5. The monoisotopic (exact) mass is 1860 g/mol. The number of benzene rings is 8. The zero-order valence-corrected chi connectivity index (χ0v) is 79.0. The first-order valence-electron chi connectivity index (χ1n) is 45.7. The fourth-order valence-corrected chi connectivity index (χ4v) is 20.1. The molecule has 16 aromatic rings. The Bertz CT molecular complexity index is 7060. The van der Waals surface area contributed by atoms with Crippen molar-refractivity contribution in [2.75, 3.05) is 85.1 Å². The molecule has 3 atom stereocenters. The first-order chi connectivity index (χ1) is 65.4. The Morgan fingerprint density at radius 2 is 0.533 bits per heavy atom. The first-order valence-corrected chi connectivity index (χ1v) is 46.5. The topological polar surface area (TPSA) is 270 Å². The van der Waals surface area contributed by atoms with E-state index in [-0.39, 0.29) is 89.2 Å². The van der Waals surface area contributed by atoms with Crippen LogP contribution in [0.4, 0.5) is 0 Å². The van der Waals surface area contributed by atoms with Crippen LogP contribution in [0.1, 0.15) is 88.3 Å².